The normalized spacial score (nSPS) is 11.4. The van der Waals surface area contributed by atoms with E-state index in [0.29, 0.717) is 11.4 Å². The van der Waals surface area contributed by atoms with Gasteiger partial charge >= 0.3 is 5.97 Å². The molecule has 1 N–H and O–H groups in total. The lowest BCUT2D eigenvalue weighted by molar-refractivity contribution is -0.152. The molecule has 3 aromatic rings. The van der Waals surface area contributed by atoms with Crippen molar-refractivity contribution in [2.45, 2.75) is 19.4 Å². The third-order valence-corrected chi connectivity index (χ3v) is 4.42. The van der Waals surface area contributed by atoms with Crippen LogP contribution in [0.15, 0.2) is 78.9 Å². The topological polar surface area (TPSA) is 64.6 Å². The predicted molar refractivity (Wildman–Crippen MR) is 113 cm³/mol. The zero-order valence-electron chi connectivity index (χ0n) is 16.4. The quantitative estimate of drug-likeness (QED) is 0.606. The van der Waals surface area contributed by atoms with Gasteiger partial charge in [-0.25, -0.2) is 0 Å². The lowest BCUT2D eigenvalue weighted by Crippen LogP contribution is -2.30. The average Bonchev–Trinajstić information content (AvgIpc) is 2.75. The summed E-state index contributed by atoms with van der Waals surface area (Å²) in [5, 5.41) is 2.72. The Balaban J connectivity index is 1.53. The molecule has 0 unspecified atom stereocenters. The molecule has 0 heterocycles. The molecule has 0 saturated heterocycles. The first-order valence-corrected chi connectivity index (χ1v) is 9.34. The number of carbonyl (C=O) groups is 2. The molecule has 0 aliphatic rings. The predicted octanol–water partition coefficient (Wildman–Crippen LogP) is 4.48. The Hall–Kier alpha value is -3.60. The van der Waals surface area contributed by atoms with Gasteiger partial charge in [-0.2, -0.15) is 0 Å². The van der Waals surface area contributed by atoms with Crippen LogP contribution in [-0.4, -0.2) is 25.1 Å². The number of anilines is 1. The van der Waals surface area contributed by atoms with Gasteiger partial charge in [0.05, 0.1) is 13.5 Å². The van der Waals surface area contributed by atoms with Crippen LogP contribution < -0.4 is 10.1 Å². The summed E-state index contributed by atoms with van der Waals surface area (Å²) in [6.07, 6.45) is -0.802. The van der Waals surface area contributed by atoms with Crippen LogP contribution in [0.1, 0.15) is 12.5 Å². The second-order valence-electron chi connectivity index (χ2n) is 6.59. The molecule has 1 atom stereocenters. The molecular formula is C24H23NO4. The summed E-state index contributed by atoms with van der Waals surface area (Å²) in [6, 6.07) is 24.7. The van der Waals surface area contributed by atoms with Gasteiger partial charge in [0.1, 0.15) is 5.75 Å². The van der Waals surface area contributed by atoms with E-state index in [-0.39, 0.29) is 6.42 Å². The largest absolute Gasteiger partial charge is 0.497 e. The molecule has 5 nitrogen and oxygen atoms in total. The van der Waals surface area contributed by atoms with Crippen molar-refractivity contribution in [2.24, 2.45) is 0 Å². The van der Waals surface area contributed by atoms with Crippen LogP contribution in [0.25, 0.3) is 11.1 Å². The highest BCUT2D eigenvalue weighted by atomic mass is 16.5. The maximum atomic E-state index is 12.3. The van der Waals surface area contributed by atoms with Crippen molar-refractivity contribution >= 4 is 17.6 Å². The van der Waals surface area contributed by atoms with Crippen molar-refractivity contribution in [3.63, 3.8) is 0 Å². The molecule has 3 rings (SSSR count). The highest BCUT2D eigenvalue weighted by Gasteiger charge is 2.18. The Labute approximate surface area is 170 Å². The summed E-state index contributed by atoms with van der Waals surface area (Å²) >= 11 is 0. The molecule has 0 saturated carbocycles. The van der Waals surface area contributed by atoms with E-state index in [1.807, 2.05) is 54.6 Å². The Morgan fingerprint density at radius 1 is 0.897 bits per heavy atom. The number of nitrogens with one attached hydrogen (secondary N) is 1. The number of hydrogen-bond donors (Lipinski definition) is 1. The van der Waals surface area contributed by atoms with Crippen LogP contribution in [0.2, 0.25) is 0 Å². The van der Waals surface area contributed by atoms with Gasteiger partial charge in [0.2, 0.25) is 0 Å². The molecule has 0 spiro atoms. The van der Waals surface area contributed by atoms with Crippen LogP contribution in [0.5, 0.6) is 5.75 Å². The molecule has 0 bridgehead atoms. The molecular weight excluding hydrogens is 366 g/mol. The van der Waals surface area contributed by atoms with E-state index in [4.69, 9.17) is 9.47 Å². The summed E-state index contributed by atoms with van der Waals surface area (Å²) in [6.45, 7) is 1.55. The van der Waals surface area contributed by atoms with E-state index in [1.54, 1.807) is 38.3 Å². The van der Waals surface area contributed by atoms with Crippen LogP contribution in [0, 0.1) is 0 Å². The summed E-state index contributed by atoms with van der Waals surface area (Å²) < 4.78 is 10.4. The van der Waals surface area contributed by atoms with Crippen LogP contribution in [0.3, 0.4) is 0 Å². The van der Waals surface area contributed by atoms with Crippen LogP contribution >= 0.6 is 0 Å². The van der Waals surface area contributed by atoms with Gasteiger partial charge in [0.25, 0.3) is 5.91 Å². The van der Waals surface area contributed by atoms with Gasteiger partial charge < -0.3 is 14.8 Å². The zero-order valence-corrected chi connectivity index (χ0v) is 16.4. The van der Waals surface area contributed by atoms with Gasteiger partial charge in [-0.1, -0.05) is 60.7 Å². The summed E-state index contributed by atoms with van der Waals surface area (Å²) in [7, 11) is 1.55. The second-order valence-corrected chi connectivity index (χ2v) is 6.59. The number of amides is 1. The minimum Gasteiger partial charge on any atom is -0.497 e. The third kappa shape index (κ3) is 5.69. The lowest BCUT2D eigenvalue weighted by atomic mass is 10.0. The van der Waals surface area contributed by atoms with Crippen molar-refractivity contribution in [3.8, 4) is 16.9 Å². The SMILES string of the molecule is COc1cccc(NC(=O)[C@H](C)OC(=O)Cc2ccc(-c3ccccc3)cc2)c1. The maximum Gasteiger partial charge on any atom is 0.311 e. The Morgan fingerprint density at radius 3 is 2.28 bits per heavy atom. The van der Waals surface area contributed by atoms with E-state index in [0.717, 1.165) is 16.7 Å². The van der Waals surface area contributed by atoms with E-state index < -0.39 is 18.0 Å². The number of benzene rings is 3. The lowest BCUT2D eigenvalue weighted by Gasteiger charge is -2.14. The zero-order chi connectivity index (χ0) is 20.6. The van der Waals surface area contributed by atoms with Gasteiger partial charge in [0, 0.05) is 11.8 Å². The summed E-state index contributed by atoms with van der Waals surface area (Å²) in [5.74, 6) is -0.219. The van der Waals surface area contributed by atoms with Crippen LogP contribution in [-0.2, 0) is 20.7 Å². The molecule has 0 radical (unpaired) electrons. The van der Waals surface area contributed by atoms with Crippen LogP contribution in [0.4, 0.5) is 5.69 Å². The average molecular weight is 389 g/mol. The minimum atomic E-state index is -0.905. The Morgan fingerprint density at radius 2 is 1.59 bits per heavy atom. The second kappa shape index (κ2) is 9.55. The molecule has 0 aromatic heterocycles. The first-order valence-electron chi connectivity index (χ1n) is 9.34. The summed E-state index contributed by atoms with van der Waals surface area (Å²) in [5.41, 5.74) is 3.60. The molecule has 29 heavy (non-hydrogen) atoms. The maximum absolute atomic E-state index is 12.3. The molecule has 3 aromatic carbocycles. The number of ether oxygens (including phenoxy) is 2. The molecule has 0 fully saturated rings. The number of hydrogen-bond acceptors (Lipinski definition) is 4. The van der Waals surface area contributed by atoms with Crippen molar-refractivity contribution in [2.75, 3.05) is 12.4 Å². The van der Waals surface area contributed by atoms with Gasteiger partial charge in [-0.05, 0) is 35.7 Å². The van der Waals surface area contributed by atoms with Gasteiger partial charge in [-0.3, -0.25) is 9.59 Å². The van der Waals surface area contributed by atoms with Gasteiger partial charge in [0.15, 0.2) is 6.10 Å². The molecule has 1 amide bonds. The highest BCUT2D eigenvalue weighted by Crippen LogP contribution is 2.20. The third-order valence-electron chi connectivity index (χ3n) is 4.42. The van der Waals surface area contributed by atoms with Crippen molar-refractivity contribution < 1.29 is 19.1 Å². The molecule has 148 valence electrons. The van der Waals surface area contributed by atoms with Crippen molar-refractivity contribution in [3.05, 3.63) is 84.4 Å². The first-order chi connectivity index (χ1) is 14.0. The van der Waals surface area contributed by atoms with E-state index >= 15 is 0 Å². The van der Waals surface area contributed by atoms with Gasteiger partial charge in [-0.15, -0.1) is 0 Å². The highest BCUT2D eigenvalue weighted by molar-refractivity contribution is 5.95. The monoisotopic (exact) mass is 389 g/mol. The molecule has 0 aliphatic carbocycles. The van der Waals surface area contributed by atoms with Crippen molar-refractivity contribution in [1.29, 1.82) is 0 Å². The summed E-state index contributed by atoms with van der Waals surface area (Å²) in [4.78, 5) is 24.5. The van der Waals surface area contributed by atoms with E-state index in [1.165, 1.54) is 0 Å². The standard InChI is InChI=1S/C24H23NO4/c1-17(24(27)25-21-9-6-10-22(16-21)28-2)29-23(26)15-18-11-13-20(14-12-18)19-7-4-3-5-8-19/h3-14,16-17H,15H2,1-2H3,(H,25,27)/t17-/m0/s1. The first kappa shape index (κ1) is 20.1. The smallest absolute Gasteiger partial charge is 0.311 e. The molecule has 5 heteroatoms. The fourth-order valence-electron chi connectivity index (χ4n) is 2.85. The van der Waals surface area contributed by atoms with E-state index in [2.05, 4.69) is 5.32 Å². The fourth-order valence-corrected chi connectivity index (χ4v) is 2.85. The number of methoxy groups -OCH3 is 1. The number of esters is 1. The van der Waals surface area contributed by atoms with E-state index in [9.17, 15) is 9.59 Å². The molecule has 0 aliphatic heterocycles. The van der Waals surface area contributed by atoms with Crippen molar-refractivity contribution in [1.82, 2.24) is 0 Å². The minimum absolute atomic E-state index is 0.103. The Bertz CT molecular complexity index is 968. The Kier molecular flexibility index (Phi) is 6.63. The number of rotatable bonds is 7. The fraction of sp³-hybridized carbons (Fsp3) is 0.167. The number of carbonyl (C=O) groups excluding carboxylic acids is 2.